The van der Waals surface area contributed by atoms with Crippen LogP contribution in [0.15, 0.2) is 58.5 Å². The lowest BCUT2D eigenvalue weighted by Gasteiger charge is -2.07. The van der Waals surface area contributed by atoms with Crippen molar-refractivity contribution in [2.75, 3.05) is 0 Å². The third-order valence-corrected chi connectivity index (χ3v) is 3.58. The molecule has 0 aliphatic rings. The topological polar surface area (TPSA) is 74.3 Å². The number of hydrogen-bond donors (Lipinski definition) is 0. The second-order valence-electron chi connectivity index (χ2n) is 5.30. The van der Waals surface area contributed by atoms with Gasteiger partial charge in [0.25, 0.3) is 0 Å². The van der Waals surface area contributed by atoms with Crippen molar-refractivity contribution in [3.63, 3.8) is 0 Å². The summed E-state index contributed by atoms with van der Waals surface area (Å²) in [5.74, 6) is 0. The van der Waals surface area contributed by atoms with Crippen molar-refractivity contribution in [1.29, 1.82) is 0 Å². The molecular formula is C17H17N5O2. The Balaban J connectivity index is 1.84. The predicted molar refractivity (Wildman–Crippen MR) is 90.2 cm³/mol. The Kier molecular flexibility index (Phi) is 4.51. The first-order chi connectivity index (χ1) is 11.7. The second kappa shape index (κ2) is 6.91. The fourth-order valence-corrected chi connectivity index (χ4v) is 2.26. The summed E-state index contributed by atoms with van der Waals surface area (Å²) in [5, 5.41) is 11.6. The van der Waals surface area contributed by atoms with E-state index < -0.39 is 0 Å². The average molecular weight is 323 g/mol. The quantitative estimate of drug-likeness (QED) is 0.530. The van der Waals surface area contributed by atoms with Crippen LogP contribution in [0.5, 0.6) is 0 Å². The summed E-state index contributed by atoms with van der Waals surface area (Å²) in [6.07, 6.45) is 1.59. The van der Waals surface area contributed by atoms with Gasteiger partial charge in [-0.1, -0.05) is 47.6 Å². The van der Waals surface area contributed by atoms with E-state index in [2.05, 4.69) is 15.6 Å². The number of aryl methyl sites for hydroxylation is 2. The van der Waals surface area contributed by atoms with Gasteiger partial charge in [0.1, 0.15) is 6.61 Å². The van der Waals surface area contributed by atoms with Gasteiger partial charge in [0.2, 0.25) is 0 Å². The summed E-state index contributed by atoms with van der Waals surface area (Å²) in [7, 11) is 1.55. The molecule has 3 rings (SSSR count). The molecular weight excluding hydrogens is 306 g/mol. The van der Waals surface area contributed by atoms with Crippen molar-refractivity contribution in [3.05, 3.63) is 75.7 Å². The van der Waals surface area contributed by atoms with Crippen molar-refractivity contribution in [2.24, 2.45) is 12.2 Å². The zero-order chi connectivity index (χ0) is 16.9. The van der Waals surface area contributed by atoms with Crippen LogP contribution in [-0.2, 0) is 18.5 Å². The van der Waals surface area contributed by atoms with Crippen LogP contribution in [-0.4, -0.2) is 26.0 Å². The maximum absolute atomic E-state index is 12.1. The van der Waals surface area contributed by atoms with Crippen LogP contribution < -0.4 is 5.69 Å². The highest BCUT2D eigenvalue weighted by Gasteiger charge is 2.11. The number of tetrazole rings is 1. The molecule has 24 heavy (non-hydrogen) atoms. The fraction of sp³-hybridized carbons (Fsp3) is 0.176. The summed E-state index contributed by atoms with van der Waals surface area (Å²) < 4.78 is 2.42. The van der Waals surface area contributed by atoms with Crippen LogP contribution >= 0.6 is 0 Å². The lowest BCUT2D eigenvalue weighted by molar-refractivity contribution is 0.132. The minimum Gasteiger partial charge on any atom is -0.391 e. The smallest absolute Gasteiger partial charge is 0.368 e. The van der Waals surface area contributed by atoms with Crippen LogP contribution in [0.25, 0.3) is 5.69 Å². The Labute approximate surface area is 138 Å². The van der Waals surface area contributed by atoms with Crippen LogP contribution in [0.4, 0.5) is 0 Å². The summed E-state index contributed by atoms with van der Waals surface area (Å²) >= 11 is 0. The highest BCUT2D eigenvalue weighted by atomic mass is 16.6. The maximum Gasteiger partial charge on any atom is 0.368 e. The third-order valence-electron chi connectivity index (χ3n) is 3.58. The molecule has 0 saturated heterocycles. The molecule has 0 radical (unpaired) electrons. The standard InChI is InChI=1S/C17H17N5O2/c1-13-7-6-10-16(22-17(23)21(2)19-20-22)15(13)11-18-24-12-14-8-4-3-5-9-14/h3-11H,12H2,1-2H3/b18-11-. The van der Waals surface area contributed by atoms with Crippen molar-refractivity contribution >= 4 is 6.21 Å². The van der Waals surface area contributed by atoms with Gasteiger partial charge >= 0.3 is 5.69 Å². The van der Waals surface area contributed by atoms with Gasteiger partial charge in [0, 0.05) is 12.6 Å². The van der Waals surface area contributed by atoms with Crippen molar-refractivity contribution < 1.29 is 4.84 Å². The first kappa shape index (κ1) is 15.7. The van der Waals surface area contributed by atoms with Crippen molar-refractivity contribution in [2.45, 2.75) is 13.5 Å². The number of oxime groups is 1. The molecule has 1 heterocycles. The largest absolute Gasteiger partial charge is 0.391 e. The molecule has 0 saturated carbocycles. The molecule has 3 aromatic rings. The first-order valence-corrected chi connectivity index (χ1v) is 7.45. The normalized spacial score (nSPS) is 11.1. The molecule has 0 N–H and O–H groups in total. The van der Waals surface area contributed by atoms with Gasteiger partial charge < -0.3 is 4.84 Å². The monoisotopic (exact) mass is 323 g/mol. The van der Waals surface area contributed by atoms with Crippen molar-refractivity contribution in [1.82, 2.24) is 19.8 Å². The highest BCUT2D eigenvalue weighted by Crippen LogP contribution is 2.14. The van der Waals surface area contributed by atoms with Gasteiger partial charge in [0.05, 0.1) is 11.9 Å². The molecule has 0 atom stereocenters. The molecule has 0 fully saturated rings. The Morgan fingerprint density at radius 2 is 1.92 bits per heavy atom. The lowest BCUT2D eigenvalue weighted by atomic mass is 10.1. The van der Waals surface area contributed by atoms with Gasteiger partial charge in [-0.25, -0.2) is 4.79 Å². The fourth-order valence-electron chi connectivity index (χ4n) is 2.26. The Morgan fingerprint density at radius 3 is 2.62 bits per heavy atom. The Bertz CT molecular complexity index is 912. The number of rotatable bonds is 5. The van der Waals surface area contributed by atoms with E-state index >= 15 is 0 Å². The number of hydrogen-bond acceptors (Lipinski definition) is 5. The van der Waals surface area contributed by atoms with Gasteiger partial charge in [0.15, 0.2) is 0 Å². The predicted octanol–water partition coefficient (Wildman–Crippen LogP) is 1.83. The number of benzene rings is 2. The molecule has 2 aromatic carbocycles. The van der Waals surface area contributed by atoms with Crippen molar-refractivity contribution in [3.8, 4) is 5.69 Å². The SMILES string of the molecule is Cc1cccc(-n2nnn(C)c2=O)c1/C=N\OCc1ccccc1. The van der Waals surface area contributed by atoms with E-state index in [1.54, 1.807) is 19.3 Å². The van der Waals surface area contributed by atoms with Crippen LogP contribution in [0.3, 0.4) is 0 Å². The molecule has 0 aliphatic carbocycles. The Hall–Kier alpha value is -3.22. The van der Waals surface area contributed by atoms with Crippen LogP contribution in [0.2, 0.25) is 0 Å². The van der Waals surface area contributed by atoms with E-state index in [0.29, 0.717) is 12.3 Å². The van der Waals surface area contributed by atoms with Gasteiger partial charge in [-0.05, 0) is 34.5 Å². The molecule has 122 valence electrons. The minimum atomic E-state index is -0.319. The average Bonchev–Trinajstić information content (AvgIpc) is 2.93. The van der Waals surface area contributed by atoms with Gasteiger partial charge in [-0.2, -0.15) is 9.36 Å². The van der Waals surface area contributed by atoms with Gasteiger partial charge in [-0.3, -0.25) is 0 Å². The maximum atomic E-state index is 12.1. The summed E-state index contributed by atoms with van der Waals surface area (Å²) in [4.78, 5) is 17.4. The zero-order valence-electron chi connectivity index (χ0n) is 13.5. The highest BCUT2D eigenvalue weighted by molar-refractivity contribution is 5.86. The van der Waals surface area contributed by atoms with E-state index in [1.807, 2.05) is 49.4 Å². The molecule has 0 unspecified atom stereocenters. The second-order valence-corrected chi connectivity index (χ2v) is 5.30. The Morgan fingerprint density at radius 1 is 1.12 bits per heavy atom. The molecule has 0 bridgehead atoms. The van der Waals surface area contributed by atoms with E-state index in [4.69, 9.17) is 4.84 Å². The van der Waals surface area contributed by atoms with Crippen LogP contribution in [0, 0.1) is 6.92 Å². The first-order valence-electron chi connectivity index (χ1n) is 7.45. The molecule has 7 heteroatoms. The van der Waals surface area contributed by atoms with E-state index in [9.17, 15) is 4.79 Å². The number of nitrogens with zero attached hydrogens (tertiary/aromatic N) is 5. The molecule has 0 spiro atoms. The molecule has 1 aromatic heterocycles. The van der Waals surface area contributed by atoms with E-state index in [0.717, 1.165) is 16.7 Å². The van der Waals surface area contributed by atoms with Crippen LogP contribution in [0.1, 0.15) is 16.7 Å². The summed E-state index contributed by atoms with van der Waals surface area (Å²) in [6.45, 7) is 2.31. The third kappa shape index (κ3) is 3.24. The van der Waals surface area contributed by atoms with Gasteiger partial charge in [-0.15, -0.1) is 0 Å². The minimum absolute atomic E-state index is 0.319. The molecule has 0 aliphatic heterocycles. The van der Waals surface area contributed by atoms with E-state index in [-0.39, 0.29) is 5.69 Å². The van der Waals surface area contributed by atoms with E-state index in [1.165, 1.54) is 9.36 Å². The lowest BCUT2D eigenvalue weighted by Crippen LogP contribution is -2.23. The number of aromatic nitrogens is 4. The molecule has 7 nitrogen and oxygen atoms in total. The summed E-state index contributed by atoms with van der Waals surface area (Å²) in [6, 6.07) is 15.4. The molecule has 0 amide bonds. The summed E-state index contributed by atoms with van der Waals surface area (Å²) in [5.41, 5.74) is 3.04. The zero-order valence-corrected chi connectivity index (χ0v) is 13.5.